The third-order valence-corrected chi connectivity index (χ3v) is 7.51. The second kappa shape index (κ2) is 12.0. The highest BCUT2D eigenvalue weighted by atomic mass is 35.5. The third-order valence-electron chi connectivity index (χ3n) is 4.43. The summed E-state index contributed by atoms with van der Waals surface area (Å²) >= 11 is 9.16. The lowest BCUT2D eigenvalue weighted by Gasteiger charge is -2.17. The molecule has 2 aromatic carbocycles. The molecule has 0 fully saturated rings. The van der Waals surface area contributed by atoms with Crippen molar-refractivity contribution in [2.24, 2.45) is 5.73 Å². The number of nitrogens with zero attached hydrogens (tertiary/aromatic N) is 1. The largest absolute Gasteiger partial charge is 0.487 e. The van der Waals surface area contributed by atoms with Crippen LogP contribution in [0.5, 0.6) is 5.75 Å². The summed E-state index contributed by atoms with van der Waals surface area (Å²) in [6, 6.07) is 17.2. The standard InChI is InChI=1S/C23H23ClN2O4S2/c24-17-6-4-15-5-7-18(26-20(15)13-17)14-30-19-3-1-2-16(12-19)23(31-10-8-21(25)27)32-11-9-22(28)29/h1-7,12-13,23H,8-11,14H2,(H2,25,27)(H,28,29). The first-order chi connectivity index (χ1) is 15.4. The topological polar surface area (TPSA) is 103 Å². The van der Waals surface area contributed by atoms with Crippen molar-refractivity contribution in [3.63, 3.8) is 0 Å². The Morgan fingerprint density at radius 2 is 1.81 bits per heavy atom. The van der Waals surface area contributed by atoms with Gasteiger partial charge < -0.3 is 15.6 Å². The molecule has 0 saturated heterocycles. The van der Waals surface area contributed by atoms with Crippen LogP contribution < -0.4 is 10.5 Å². The van der Waals surface area contributed by atoms with E-state index in [1.165, 1.54) is 11.8 Å². The van der Waals surface area contributed by atoms with Gasteiger partial charge in [0, 0.05) is 28.3 Å². The first-order valence-corrected chi connectivity index (χ1v) is 12.4. The molecule has 32 heavy (non-hydrogen) atoms. The Hall–Kier alpha value is -2.42. The number of hydrogen-bond donors (Lipinski definition) is 2. The zero-order chi connectivity index (χ0) is 22.9. The molecule has 0 bridgehead atoms. The van der Waals surface area contributed by atoms with Gasteiger partial charge in [0.1, 0.15) is 12.4 Å². The van der Waals surface area contributed by atoms with Crippen LogP contribution in [0.1, 0.15) is 28.7 Å². The number of fused-ring (bicyclic) bond motifs is 1. The van der Waals surface area contributed by atoms with Gasteiger partial charge in [0.25, 0.3) is 0 Å². The van der Waals surface area contributed by atoms with E-state index in [1.54, 1.807) is 11.8 Å². The van der Waals surface area contributed by atoms with Gasteiger partial charge in [0.05, 0.1) is 22.2 Å². The second-order valence-corrected chi connectivity index (χ2v) is 10.1. The number of benzene rings is 2. The van der Waals surface area contributed by atoms with Crippen LogP contribution in [0.4, 0.5) is 0 Å². The summed E-state index contributed by atoms with van der Waals surface area (Å²) in [5.74, 6) is 0.537. The number of carboxylic acids is 1. The number of aromatic nitrogens is 1. The average molecular weight is 491 g/mol. The third kappa shape index (κ3) is 7.62. The van der Waals surface area contributed by atoms with Crippen molar-refractivity contribution in [1.29, 1.82) is 0 Å². The summed E-state index contributed by atoms with van der Waals surface area (Å²) in [5, 5.41) is 10.6. The maximum absolute atomic E-state index is 11.1. The molecule has 3 N–H and O–H groups in total. The molecular formula is C23H23ClN2O4S2. The minimum Gasteiger partial charge on any atom is -0.487 e. The van der Waals surface area contributed by atoms with Crippen LogP contribution in [0.3, 0.4) is 0 Å². The fraction of sp³-hybridized carbons (Fsp3) is 0.261. The minimum atomic E-state index is -0.834. The van der Waals surface area contributed by atoms with E-state index < -0.39 is 5.97 Å². The maximum atomic E-state index is 11.1. The van der Waals surface area contributed by atoms with E-state index in [2.05, 4.69) is 4.98 Å². The van der Waals surface area contributed by atoms with Gasteiger partial charge in [0.15, 0.2) is 0 Å². The number of ether oxygens (including phenoxy) is 1. The highest BCUT2D eigenvalue weighted by Gasteiger charge is 2.15. The minimum absolute atomic E-state index is 0.0295. The predicted octanol–water partition coefficient (Wildman–Crippen LogP) is 5.28. The number of primary amides is 1. The maximum Gasteiger partial charge on any atom is 0.304 e. The molecule has 0 radical (unpaired) electrons. The number of nitrogens with two attached hydrogens (primary N) is 1. The Morgan fingerprint density at radius 3 is 2.56 bits per heavy atom. The van der Waals surface area contributed by atoms with E-state index in [-0.39, 0.29) is 23.3 Å². The van der Waals surface area contributed by atoms with Gasteiger partial charge in [-0.2, -0.15) is 0 Å². The van der Waals surface area contributed by atoms with E-state index in [9.17, 15) is 9.59 Å². The highest BCUT2D eigenvalue weighted by molar-refractivity contribution is 8.16. The van der Waals surface area contributed by atoms with Gasteiger partial charge in [-0.1, -0.05) is 35.9 Å². The smallest absolute Gasteiger partial charge is 0.304 e. The monoisotopic (exact) mass is 490 g/mol. The number of carbonyl (C=O) groups is 2. The Balaban J connectivity index is 1.67. The van der Waals surface area contributed by atoms with E-state index in [1.807, 2.05) is 54.6 Å². The molecule has 0 saturated carbocycles. The quantitative estimate of drug-likeness (QED) is 0.333. The zero-order valence-electron chi connectivity index (χ0n) is 17.2. The van der Waals surface area contributed by atoms with Crippen molar-refractivity contribution in [2.45, 2.75) is 24.0 Å². The molecule has 1 heterocycles. The van der Waals surface area contributed by atoms with Crippen molar-refractivity contribution >= 4 is 57.9 Å². The first-order valence-electron chi connectivity index (χ1n) is 9.92. The molecule has 0 aliphatic rings. The normalized spacial score (nSPS) is 11.9. The van der Waals surface area contributed by atoms with Crippen LogP contribution in [0.2, 0.25) is 5.02 Å². The molecule has 1 amide bonds. The number of pyridine rings is 1. The van der Waals surface area contributed by atoms with Crippen LogP contribution in [-0.4, -0.2) is 33.5 Å². The summed E-state index contributed by atoms with van der Waals surface area (Å²) < 4.78 is 5.94. The van der Waals surface area contributed by atoms with E-state index in [0.717, 1.165) is 22.2 Å². The van der Waals surface area contributed by atoms with Gasteiger partial charge >= 0.3 is 5.97 Å². The van der Waals surface area contributed by atoms with Crippen LogP contribution in [0, 0.1) is 0 Å². The van der Waals surface area contributed by atoms with Gasteiger partial charge in [-0.05, 0) is 35.9 Å². The molecule has 1 unspecified atom stereocenters. The van der Waals surface area contributed by atoms with Crippen molar-refractivity contribution in [3.05, 3.63) is 70.9 Å². The number of carboxylic acid groups (broad SMARTS) is 1. The summed E-state index contributed by atoms with van der Waals surface area (Å²) in [6.07, 6.45) is 0.347. The molecule has 0 aliphatic carbocycles. The SMILES string of the molecule is NC(=O)CCSC(SCCC(=O)O)c1cccc(OCc2ccc3ccc(Cl)cc3n2)c1. The number of hydrogen-bond acceptors (Lipinski definition) is 6. The molecule has 6 nitrogen and oxygen atoms in total. The fourth-order valence-corrected chi connectivity index (χ4v) is 5.73. The molecule has 0 spiro atoms. The van der Waals surface area contributed by atoms with Gasteiger partial charge in [-0.25, -0.2) is 4.98 Å². The first kappa shape index (κ1) is 24.2. The Bertz CT molecular complexity index is 1080. The van der Waals surface area contributed by atoms with E-state index in [4.69, 9.17) is 27.2 Å². The van der Waals surface area contributed by atoms with Crippen LogP contribution in [-0.2, 0) is 16.2 Å². The molecule has 3 aromatic rings. The zero-order valence-corrected chi connectivity index (χ0v) is 19.6. The number of amides is 1. The van der Waals surface area contributed by atoms with Gasteiger partial charge in [-0.15, -0.1) is 23.5 Å². The van der Waals surface area contributed by atoms with Gasteiger partial charge in [0.2, 0.25) is 5.91 Å². The molecule has 0 aliphatic heterocycles. The van der Waals surface area contributed by atoms with Gasteiger partial charge in [-0.3, -0.25) is 9.59 Å². The van der Waals surface area contributed by atoms with Crippen molar-refractivity contribution in [3.8, 4) is 5.75 Å². The number of carbonyl (C=O) groups excluding carboxylic acids is 1. The van der Waals surface area contributed by atoms with Crippen LogP contribution in [0.15, 0.2) is 54.6 Å². The number of rotatable bonds is 12. The van der Waals surface area contributed by atoms with E-state index >= 15 is 0 Å². The number of thioether (sulfide) groups is 2. The van der Waals surface area contributed by atoms with E-state index in [0.29, 0.717) is 28.9 Å². The summed E-state index contributed by atoms with van der Waals surface area (Å²) in [6.45, 7) is 0.303. The molecule has 3 rings (SSSR count). The van der Waals surface area contributed by atoms with Crippen molar-refractivity contribution in [2.75, 3.05) is 11.5 Å². The molecule has 1 atom stereocenters. The summed E-state index contributed by atoms with van der Waals surface area (Å²) in [7, 11) is 0. The lowest BCUT2D eigenvalue weighted by Crippen LogP contribution is -2.11. The number of halogens is 1. The number of aliphatic carboxylic acids is 1. The average Bonchev–Trinajstić information content (AvgIpc) is 2.76. The Morgan fingerprint density at radius 1 is 1.06 bits per heavy atom. The predicted molar refractivity (Wildman–Crippen MR) is 131 cm³/mol. The fourth-order valence-electron chi connectivity index (χ4n) is 2.88. The van der Waals surface area contributed by atoms with Crippen molar-refractivity contribution in [1.82, 2.24) is 4.98 Å². The van der Waals surface area contributed by atoms with Crippen LogP contribution in [0.25, 0.3) is 10.9 Å². The Kier molecular flexibility index (Phi) is 9.08. The molecular weight excluding hydrogens is 468 g/mol. The Labute approximate surface area is 199 Å². The second-order valence-electron chi connectivity index (χ2n) is 6.93. The molecule has 9 heteroatoms. The molecule has 1 aromatic heterocycles. The van der Waals surface area contributed by atoms with Crippen LogP contribution >= 0.6 is 35.1 Å². The lowest BCUT2D eigenvalue weighted by molar-refractivity contribution is -0.136. The summed E-state index contributed by atoms with van der Waals surface area (Å²) in [4.78, 5) is 26.6. The van der Waals surface area contributed by atoms with Crippen molar-refractivity contribution < 1.29 is 19.4 Å². The molecule has 168 valence electrons. The summed E-state index contributed by atoms with van der Waals surface area (Å²) in [5.41, 5.74) is 7.84. The highest BCUT2D eigenvalue weighted by Crippen LogP contribution is 2.41. The lowest BCUT2D eigenvalue weighted by atomic mass is 10.2.